The average Bonchev–Trinajstić information content (AvgIpc) is 2.38. The van der Waals surface area contributed by atoms with E-state index in [9.17, 15) is 9.59 Å². The quantitative estimate of drug-likeness (QED) is 0.706. The summed E-state index contributed by atoms with van der Waals surface area (Å²) in [4.78, 5) is 23.4. The summed E-state index contributed by atoms with van der Waals surface area (Å²) < 4.78 is 0. The minimum absolute atomic E-state index is 0.238. The van der Waals surface area contributed by atoms with Crippen molar-refractivity contribution in [1.82, 2.24) is 5.32 Å². The van der Waals surface area contributed by atoms with E-state index in [1.807, 2.05) is 44.2 Å². The zero-order chi connectivity index (χ0) is 15.1. The fraction of sp³-hybridized carbons (Fsp3) is 0.467. The molecular weight excluding hydrogens is 254 g/mol. The minimum atomic E-state index is -0.623. The number of anilines is 1. The SMILES string of the molecule is CC(C)C[C@H](NC(=O)[C@H](C)Nc1ccccc1)C(N)=O. The average molecular weight is 277 g/mol. The lowest BCUT2D eigenvalue weighted by Gasteiger charge is -2.21. The molecule has 2 atom stereocenters. The van der Waals surface area contributed by atoms with Crippen molar-refractivity contribution >= 4 is 17.5 Å². The molecule has 1 aromatic rings. The van der Waals surface area contributed by atoms with Crippen LogP contribution in [0.4, 0.5) is 5.69 Å². The maximum atomic E-state index is 12.1. The summed E-state index contributed by atoms with van der Waals surface area (Å²) in [5.74, 6) is -0.456. The molecule has 0 aliphatic heterocycles. The highest BCUT2D eigenvalue weighted by molar-refractivity contribution is 5.90. The molecule has 0 aliphatic carbocycles. The highest BCUT2D eigenvalue weighted by Gasteiger charge is 2.22. The predicted molar refractivity (Wildman–Crippen MR) is 80.1 cm³/mol. The van der Waals surface area contributed by atoms with Crippen molar-refractivity contribution in [2.24, 2.45) is 11.7 Å². The molecule has 110 valence electrons. The van der Waals surface area contributed by atoms with E-state index in [1.54, 1.807) is 6.92 Å². The Bertz CT molecular complexity index is 446. The predicted octanol–water partition coefficient (Wildman–Crippen LogP) is 1.50. The van der Waals surface area contributed by atoms with Crippen molar-refractivity contribution in [2.75, 3.05) is 5.32 Å². The summed E-state index contributed by atoms with van der Waals surface area (Å²) in [7, 11) is 0. The lowest BCUT2D eigenvalue weighted by atomic mass is 10.0. The highest BCUT2D eigenvalue weighted by Crippen LogP contribution is 2.08. The number of primary amides is 1. The Balaban J connectivity index is 2.57. The monoisotopic (exact) mass is 277 g/mol. The molecule has 0 heterocycles. The molecule has 0 saturated heterocycles. The van der Waals surface area contributed by atoms with Crippen LogP contribution in [0.15, 0.2) is 30.3 Å². The van der Waals surface area contributed by atoms with Crippen molar-refractivity contribution in [3.8, 4) is 0 Å². The van der Waals surface area contributed by atoms with Crippen LogP contribution in [0.5, 0.6) is 0 Å². The number of carbonyl (C=O) groups is 2. The lowest BCUT2D eigenvalue weighted by Crippen LogP contribution is -2.49. The van der Waals surface area contributed by atoms with Gasteiger partial charge in [0.25, 0.3) is 0 Å². The molecule has 4 N–H and O–H groups in total. The van der Waals surface area contributed by atoms with Gasteiger partial charge in [0.2, 0.25) is 11.8 Å². The third-order valence-corrected chi connectivity index (χ3v) is 2.92. The van der Waals surface area contributed by atoms with Gasteiger partial charge < -0.3 is 16.4 Å². The number of nitrogens with two attached hydrogens (primary N) is 1. The molecule has 0 radical (unpaired) electrons. The van der Waals surface area contributed by atoms with E-state index in [2.05, 4.69) is 10.6 Å². The maximum Gasteiger partial charge on any atom is 0.242 e. The molecular formula is C15H23N3O2. The normalized spacial score (nSPS) is 13.6. The molecule has 1 aromatic carbocycles. The Hall–Kier alpha value is -2.04. The Kier molecular flexibility index (Phi) is 6.03. The number of carbonyl (C=O) groups excluding carboxylic acids is 2. The van der Waals surface area contributed by atoms with E-state index in [1.165, 1.54) is 0 Å². The van der Waals surface area contributed by atoms with Crippen LogP contribution in [0.1, 0.15) is 27.2 Å². The molecule has 20 heavy (non-hydrogen) atoms. The number of amides is 2. The fourth-order valence-electron chi connectivity index (χ4n) is 1.86. The third kappa shape index (κ3) is 5.30. The van der Waals surface area contributed by atoms with Crippen LogP contribution < -0.4 is 16.4 Å². The summed E-state index contributed by atoms with van der Waals surface area (Å²) in [6, 6.07) is 8.37. The first-order valence-corrected chi connectivity index (χ1v) is 6.81. The Morgan fingerprint density at radius 3 is 2.25 bits per heavy atom. The van der Waals surface area contributed by atoms with Gasteiger partial charge in [0.15, 0.2) is 0 Å². The van der Waals surface area contributed by atoms with Gasteiger partial charge >= 0.3 is 0 Å². The second kappa shape index (κ2) is 7.53. The number of benzene rings is 1. The lowest BCUT2D eigenvalue weighted by molar-refractivity contribution is -0.127. The van der Waals surface area contributed by atoms with Gasteiger partial charge in [0.1, 0.15) is 12.1 Å². The van der Waals surface area contributed by atoms with Gasteiger partial charge in [0, 0.05) is 5.69 Å². The molecule has 5 nitrogen and oxygen atoms in total. The molecule has 5 heteroatoms. The Morgan fingerprint density at radius 2 is 1.75 bits per heavy atom. The van der Waals surface area contributed by atoms with Gasteiger partial charge in [-0.1, -0.05) is 32.0 Å². The number of rotatable bonds is 7. The van der Waals surface area contributed by atoms with Gasteiger partial charge in [0.05, 0.1) is 0 Å². The van der Waals surface area contributed by atoms with E-state index in [-0.39, 0.29) is 11.8 Å². The Labute approximate surface area is 119 Å². The molecule has 0 fully saturated rings. The van der Waals surface area contributed by atoms with Gasteiger partial charge in [-0.3, -0.25) is 9.59 Å². The van der Waals surface area contributed by atoms with Crippen molar-refractivity contribution < 1.29 is 9.59 Å². The molecule has 1 rings (SSSR count). The van der Waals surface area contributed by atoms with Crippen LogP contribution in [-0.4, -0.2) is 23.9 Å². The van der Waals surface area contributed by atoms with Crippen LogP contribution in [-0.2, 0) is 9.59 Å². The number of nitrogens with one attached hydrogen (secondary N) is 2. The smallest absolute Gasteiger partial charge is 0.242 e. The van der Waals surface area contributed by atoms with Gasteiger partial charge in [-0.15, -0.1) is 0 Å². The topological polar surface area (TPSA) is 84.2 Å². The first-order valence-electron chi connectivity index (χ1n) is 6.81. The zero-order valence-corrected chi connectivity index (χ0v) is 12.2. The molecule has 0 spiro atoms. The van der Waals surface area contributed by atoms with E-state index < -0.39 is 18.0 Å². The van der Waals surface area contributed by atoms with E-state index >= 15 is 0 Å². The first-order chi connectivity index (χ1) is 9.40. The summed E-state index contributed by atoms with van der Waals surface area (Å²) in [6.07, 6.45) is 0.541. The number of para-hydroxylation sites is 1. The summed E-state index contributed by atoms with van der Waals surface area (Å²) in [6.45, 7) is 5.71. The number of hydrogen-bond acceptors (Lipinski definition) is 3. The van der Waals surface area contributed by atoms with Crippen LogP contribution in [0.2, 0.25) is 0 Å². The van der Waals surface area contributed by atoms with Gasteiger partial charge in [-0.2, -0.15) is 0 Å². The minimum Gasteiger partial charge on any atom is -0.374 e. The summed E-state index contributed by atoms with van der Waals surface area (Å²) >= 11 is 0. The molecule has 0 unspecified atom stereocenters. The van der Waals surface area contributed by atoms with Crippen molar-refractivity contribution in [3.05, 3.63) is 30.3 Å². The second-order valence-electron chi connectivity index (χ2n) is 5.33. The van der Waals surface area contributed by atoms with Gasteiger partial charge in [-0.25, -0.2) is 0 Å². The van der Waals surface area contributed by atoms with Crippen LogP contribution in [0.3, 0.4) is 0 Å². The largest absolute Gasteiger partial charge is 0.374 e. The fourth-order valence-corrected chi connectivity index (χ4v) is 1.86. The van der Waals surface area contributed by atoms with Crippen LogP contribution >= 0.6 is 0 Å². The molecule has 0 bridgehead atoms. The van der Waals surface area contributed by atoms with Gasteiger partial charge in [-0.05, 0) is 31.4 Å². The molecule has 0 saturated carbocycles. The standard InChI is InChI=1S/C15H23N3O2/c1-10(2)9-13(14(16)19)18-15(20)11(3)17-12-7-5-4-6-8-12/h4-8,10-11,13,17H,9H2,1-3H3,(H2,16,19)(H,18,20)/t11-,13-/m0/s1. The third-order valence-electron chi connectivity index (χ3n) is 2.92. The Morgan fingerprint density at radius 1 is 1.15 bits per heavy atom. The summed E-state index contributed by atoms with van der Waals surface area (Å²) in [5.41, 5.74) is 6.17. The van der Waals surface area contributed by atoms with E-state index in [0.717, 1.165) is 5.69 Å². The molecule has 0 aliphatic rings. The van der Waals surface area contributed by atoms with Crippen molar-refractivity contribution in [2.45, 2.75) is 39.3 Å². The van der Waals surface area contributed by atoms with Crippen LogP contribution in [0, 0.1) is 5.92 Å². The highest BCUT2D eigenvalue weighted by atomic mass is 16.2. The zero-order valence-electron chi connectivity index (χ0n) is 12.2. The van der Waals surface area contributed by atoms with Crippen LogP contribution in [0.25, 0.3) is 0 Å². The maximum absolute atomic E-state index is 12.1. The first kappa shape index (κ1) is 16.0. The number of hydrogen-bond donors (Lipinski definition) is 3. The van der Waals surface area contributed by atoms with E-state index in [0.29, 0.717) is 6.42 Å². The molecule has 0 aromatic heterocycles. The second-order valence-corrected chi connectivity index (χ2v) is 5.33. The van der Waals surface area contributed by atoms with Crippen molar-refractivity contribution in [1.29, 1.82) is 0 Å². The summed E-state index contributed by atoms with van der Waals surface area (Å²) in [5, 5.41) is 5.77. The molecule has 2 amide bonds. The van der Waals surface area contributed by atoms with Crippen molar-refractivity contribution in [3.63, 3.8) is 0 Å². The van der Waals surface area contributed by atoms with E-state index in [4.69, 9.17) is 5.73 Å².